The first-order valence-corrected chi connectivity index (χ1v) is 10.4. The van der Waals surface area contributed by atoms with Gasteiger partial charge in [-0.2, -0.15) is 18.3 Å². The highest BCUT2D eigenvalue weighted by Crippen LogP contribution is 2.33. The minimum Gasteiger partial charge on any atom is -0.383 e. The summed E-state index contributed by atoms with van der Waals surface area (Å²) in [5.41, 5.74) is -1.36. The van der Waals surface area contributed by atoms with Crippen molar-refractivity contribution in [1.82, 2.24) is 19.9 Å². The molecule has 0 saturated heterocycles. The molecule has 2 aromatic heterocycles. The molecule has 0 radical (unpaired) electrons. The van der Waals surface area contributed by atoms with Crippen molar-refractivity contribution >= 4 is 21.4 Å². The Bertz CT molecular complexity index is 1190. The molecule has 0 spiro atoms. The fourth-order valence-electron chi connectivity index (χ4n) is 2.71. The number of ether oxygens (including phenoxy) is 1. The van der Waals surface area contributed by atoms with Crippen LogP contribution in [0.1, 0.15) is 16.1 Å². The number of alkyl halides is 3. The number of carbonyl (C=O) groups is 1. The summed E-state index contributed by atoms with van der Waals surface area (Å²) < 4.78 is 69.4. The number of nitrogens with one attached hydrogen (secondary N) is 1. The van der Waals surface area contributed by atoms with E-state index < -0.39 is 27.6 Å². The zero-order chi connectivity index (χ0) is 22.1. The number of hydrogen-bond acceptors (Lipinski definition) is 6. The number of carbonyl (C=O) groups excluding carboxylic acids is 1. The zero-order valence-electron chi connectivity index (χ0n) is 15.9. The van der Waals surface area contributed by atoms with Gasteiger partial charge in [0.15, 0.2) is 21.2 Å². The Labute approximate surface area is 169 Å². The lowest BCUT2D eigenvalue weighted by Gasteiger charge is -2.12. The summed E-state index contributed by atoms with van der Waals surface area (Å²) in [4.78, 5) is 16.5. The van der Waals surface area contributed by atoms with Gasteiger partial charge < -0.3 is 10.1 Å². The van der Waals surface area contributed by atoms with Crippen molar-refractivity contribution in [2.45, 2.75) is 11.1 Å². The van der Waals surface area contributed by atoms with Crippen molar-refractivity contribution < 1.29 is 31.1 Å². The average Bonchev–Trinajstić information content (AvgIpc) is 3.10. The highest BCUT2D eigenvalue weighted by atomic mass is 32.2. The zero-order valence-corrected chi connectivity index (χ0v) is 16.7. The van der Waals surface area contributed by atoms with Gasteiger partial charge in [-0.15, -0.1) is 0 Å². The van der Waals surface area contributed by atoms with Crippen LogP contribution in [0.15, 0.2) is 41.4 Å². The number of hydrogen-bond donors (Lipinski definition) is 1. The van der Waals surface area contributed by atoms with Gasteiger partial charge in [0.2, 0.25) is 0 Å². The van der Waals surface area contributed by atoms with Crippen LogP contribution in [0, 0.1) is 0 Å². The smallest absolute Gasteiger partial charge is 0.383 e. The Hall–Kier alpha value is -2.99. The molecule has 12 heteroatoms. The van der Waals surface area contributed by atoms with Crippen LogP contribution in [0.3, 0.4) is 0 Å². The van der Waals surface area contributed by atoms with E-state index >= 15 is 0 Å². The molecule has 30 heavy (non-hydrogen) atoms. The van der Waals surface area contributed by atoms with E-state index in [-0.39, 0.29) is 40.5 Å². The van der Waals surface area contributed by atoms with Gasteiger partial charge in [-0.25, -0.2) is 17.9 Å². The molecule has 0 aliphatic heterocycles. The predicted molar refractivity (Wildman–Crippen MR) is 101 cm³/mol. The second-order valence-corrected chi connectivity index (χ2v) is 8.38. The Kier molecular flexibility index (Phi) is 5.81. The van der Waals surface area contributed by atoms with Crippen molar-refractivity contribution in [3.63, 3.8) is 0 Å². The average molecular weight is 442 g/mol. The lowest BCUT2D eigenvalue weighted by Crippen LogP contribution is -2.27. The molecule has 0 aliphatic rings. The Balaban J connectivity index is 2.13. The predicted octanol–water partition coefficient (Wildman–Crippen LogP) is 2.19. The maximum absolute atomic E-state index is 13.6. The number of nitrogens with zero attached hydrogens (tertiary/aromatic N) is 3. The number of fused-ring (bicyclic) bond motifs is 1. The molecule has 1 N–H and O–H groups in total. The molecule has 1 amide bonds. The van der Waals surface area contributed by atoms with E-state index in [4.69, 9.17) is 4.74 Å². The van der Waals surface area contributed by atoms with Crippen molar-refractivity contribution in [2.75, 3.05) is 26.5 Å². The molecule has 0 aliphatic carbocycles. The Morgan fingerprint density at radius 3 is 2.47 bits per heavy atom. The van der Waals surface area contributed by atoms with Gasteiger partial charge >= 0.3 is 6.18 Å². The SMILES string of the molecule is COCCNC(=O)c1cnn2c(C(F)(F)F)cc(-c3ccc(S(C)(=O)=O)cc3)nc12. The van der Waals surface area contributed by atoms with E-state index in [9.17, 15) is 26.4 Å². The van der Waals surface area contributed by atoms with Crippen LogP contribution in [0.25, 0.3) is 16.9 Å². The van der Waals surface area contributed by atoms with Gasteiger partial charge in [-0.1, -0.05) is 12.1 Å². The highest BCUT2D eigenvalue weighted by Gasteiger charge is 2.36. The van der Waals surface area contributed by atoms with Crippen LogP contribution in [0.5, 0.6) is 0 Å². The number of sulfone groups is 1. The van der Waals surface area contributed by atoms with E-state index in [1.54, 1.807) is 0 Å². The summed E-state index contributed by atoms with van der Waals surface area (Å²) in [6.45, 7) is 0.384. The van der Waals surface area contributed by atoms with Crippen molar-refractivity contribution in [1.29, 1.82) is 0 Å². The van der Waals surface area contributed by atoms with Gasteiger partial charge in [-0.05, 0) is 18.2 Å². The van der Waals surface area contributed by atoms with E-state index in [0.717, 1.165) is 18.5 Å². The molecule has 8 nitrogen and oxygen atoms in total. The number of benzene rings is 1. The van der Waals surface area contributed by atoms with E-state index in [1.165, 1.54) is 31.4 Å². The fraction of sp³-hybridized carbons (Fsp3) is 0.278. The van der Waals surface area contributed by atoms with Gasteiger partial charge in [0.05, 0.1) is 23.4 Å². The van der Waals surface area contributed by atoms with E-state index in [2.05, 4.69) is 15.4 Å². The monoisotopic (exact) mass is 442 g/mol. The molecule has 1 aromatic carbocycles. The second-order valence-electron chi connectivity index (χ2n) is 6.36. The summed E-state index contributed by atoms with van der Waals surface area (Å²) in [6, 6.07) is 6.05. The standard InChI is InChI=1S/C18H17F3N4O4S/c1-29-8-7-22-17(26)13-10-23-25-15(18(19,20)21)9-14(24-16(13)25)11-3-5-12(6-4-11)30(2,27)28/h3-6,9-10H,7-8H2,1-2H3,(H,22,26). The molecule has 3 rings (SSSR count). The van der Waals surface area contributed by atoms with Gasteiger partial charge in [0.1, 0.15) is 5.56 Å². The van der Waals surface area contributed by atoms with Crippen LogP contribution in [0.4, 0.5) is 13.2 Å². The fourth-order valence-corrected chi connectivity index (χ4v) is 3.34. The van der Waals surface area contributed by atoms with Gasteiger partial charge in [0.25, 0.3) is 5.91 Å². The van der Waals surface area contributed by atoms with E-state index in [1.807, 2.05) is 0 Å². The van der Waals surface area contributed by atoms with Gasteiger partial charge in [-0.3, -0.25) is 4.79 Å². The molecule has 160 valence electrons. The van der Waals surface area contributed by atoms with Crippen LogP contribution >= 0.6 is 0 Å². The summed E-state index contributed by atoms with van der Waals surface area (Å²) in [6.07, 6.45) is -2.73. The van der Waals surface area contributed by atoms with Gasteiger partial charge in [0, 0.05) is 25.5 Å². The highest BCUT2D eigenvalue weighted by molar-refractivity contribution is 7.90. The number of halogens is 3. The molecule has 0 unspecified atom stereocenters. The molecule has 0 fully saturated rings. The molecule has 2 heterocycles. The van der Waals surface area contributed by atoms with Crippen LogP contribution in [0.2, 0.25) is 0 Å². The maximum atomic E-state index is 13.6. The Morgan fingerprint density at radius 1 is 1.23 bits per heavy atom. The summed E-state index contributed by atoms with van der Waals surface area (Å²) in [7, 11) is -2.02. The quantitative estimate of drug-likeness (QED) is 0.587. The molecule has 0 saturated carbocycles. The first-order chi connectivity index (χ1) is 14.0. The number of rotatable bonds is 6. The minimum absolute atomic E-state index is 0.0194. The molecule has 3 aromatic rings. The third-order valence-corrected chi connectivity index (χ3v) is 5.31. The van der Waals surface area contributed by atoms with Crippen LogP contribution in [-0.2, 0) is 20.8 Å². The second kappa shape index (κ2) is 8.03. The normalized spacial score (nSPS) is 12.3. The molecular weight excluding hydrogens is 425 g/mol. The third kappa shape index (κ3) is 4.44. The summed E-state index contributed by atoms with van der Waals surface area (Å²) in [5, 5.41) is 6.19. The molecular formula is C18H17F3N4O4S. The third-order valence-electron chi connectivity index (χ3n) is 4.18. The van der Waals surface area contributed by atoms with Crippen molar-refractivity contribution in [3.8, 4) is 11.3 Å². The van der Waals surface area contributed by atoms with Crippen LogP contribution in [-0.4, -0.2) is 55.4 Å². The largest absolute Gasteiger partial charge is 0.433 e. The van der Waals surface area contributed by atoms with Crippen molar-refractivity contribution in [3.05, 3.63) is 47.8 Å². The summed E-state index contributed by atoms with van der Waals surface area (Å²) in [5.74, 6) is -0.646. The lowest BCUT2D eigenvalue weighted by molar-refractivity contribution is -0.142. The lowest BCUT2D eigenvalue weighted by atomic mass is 10.1. The van der Waals surface area contributed by atoms with Crippen molar-refractivity contribution in [2.24, 2.45) is 0 Å². The number of methoxy groups -OCH3 is 1. The van der Waals surface area contributed by atoms with Crippen LogP contribution < -0.4 is 5.32 Å². The number of amides is 1. The first kappa shape index (κ1) is 21.7. The maximum Gasteiger partial charge on any atom is 0.433 e. The first-order valence-electron chi connectivity index (χ1n) is 8.56. The summed E-state index contributed by atoms with van der Waals surface area (Å²) >= 11 is 0. The van der Waals surface area contributed by atoms with E-state index in [0.29, 0.717) is 4.52 Å². The topological polar surface area (TPSA) is 103 Å². The Morgan fingerprint density at radius 2 is 1.90 bits per heavy atom. The number of aromatic nitrogens is 3. The molecule has 0 bridgehead atoms. The molecule has 0 atom stereocenters. The minimum atomic E-state index is -4.77.